The zero-order valence-corrected chi connectivity index (χ0v) is 14.2. The molecule has 1 aromatic rings. The second-order valence-corrected chi connectivity index (χ2v) is 6.12. The number of alkyl halides is 2. The third kappa shape index (κ3) is 4.20. The van der Waals surface area contributed by atoms with Gasteiger partial charge in [0.25, 0.3) is 5.91 Å². The minimum atomic E-state index is -2.93. The molecule has 1 fully saturated rings. The number of amides is 1. The van der Waals surface area contributed by atoms with Crippen LogP contribution in [0.5, 0.6) is 11.5 Å². The molecule has 1 aliphatic heterocycles. The minimum absolute atomic E-state index is 0.0416. The van der Waals surface area contributed by atoms with E-state index in [1.807, 2.05) is 6.92 Å². The van der Waals surface area contributed by atoms with Gasteiger partial charge in [-0.05, 0) is 37.6 Å². The van der Waals surface area contributed by atoms with Crippen LogP contribution in [0, 0.1) is 0 Å². The number of hydrogen-bond acceptors (Lipinski definition) is 5. The van der Waals surface area contributed by atoms with Crippen molar-refractivity contribution in [2.75, 3.05) is 13.2 Å². The van der Waals surface area contributed by atoms with Crippen LogP contribution in [0.2, 0.25) is 0 Å². The molecule has 1 saturated heterocycles. The predicted octanol–water partition coefficient (Wildman–Crippen LogP) is 3.91. The number of halogens is 2. The Morgan fingerprint density at radius 3 is 2.65 bits per heavy atom. The maximum atomic E-state index is 12.4. The van der Waals surface area contributed by atoms with Crippen LogP contribution in [0.4, 0.5) is 8.78 Å². The van der Waals surface area contributed by atoms with Crippen molar-refractivity contribution in [1.29, 1.82) is 0 Å². The molecule has 1 amide bonds. The van der Waals surface area contributed by atoms with Gasteiger partial charge in [0.2, 0.25) is 0 Å². The van der Waals surface area contributed by atoms with Gasteiger partial charge in [-0.1, -0.05) is 30.0 Å². The normalized spacial score (nSPS) is 16.6. The number of thioether (sulfide) groups is 1. The van der Waals surface area contributed by atoms with E-state index >= 15 is 0 Å². The molecule has 0 bridgehead atoms. The van der Waals surface area contributed by atoms with E-state index in [-0.39, 0.29) is 17.4 Å². The van der Waals surface area contributed by atoms with Crippen LogP contribution in [0.25, 0.3) is 6.08 Å². The number of hydrogen-bond donors (Lipinski definition) is 0. The molecule has 8 heteroatoms. The molecule has 0 spiro atoms. The number of carbonyl (C=O) groups excluding carboxylic acids is 1. The lowest BCUT2D eigenvalue weighted by molar-refractivity contribution is -0.121. The highest BCUT2D eigenvalue weighted by Gasteiger charge is 2.30. The lowest BCUT2D eigenvalue weighted by atomic mass is 10.2. The molecule has 1 aliphatic rings. The summed E-state index contributed by atoms with van der Waals surface area (Å²) in [5.41, 5.74) is 0.645. The fourth-order valence-corrected chi connectivity index (χ4v) is 3.38. The van der Waals surface area contributed by atoms with Crippen LogP contribution in [-0.4, -0.2) is 34.9 Å². The third-order valence-corrected chi connectivity index (χ3v) is 4.35. The predicted molar refractivity (Wildman–Crippen MR) is 89.8 cm³/mol. The second kappa shape index (κ2) is 7.74. The highest BCUT2D eigenvalue weighted by Crippen LogP contribution is 2.35. The van der Waals surface area contributed by atoms with Crippen molar-refractivity contribution >= 4 is 40.3 Å². The summed E-state index contributed by atoms with van der Waals surface area (Å²) in [6, 6.07) is 4.53. The Morgan fingerprint density at radius 1 is 1.35 bits per heavy atom. The van der Waals surface area contributed by atoms with Crippen molar-refractivity contribution in [3.63, 3.8) is 0 Å². The maximum Gasteiger partial charge on any atom is 0.387 e. The van der Waals surface area contributed by atoms with Crippen LogP contribution in [0.15, 0.2) is 23.1 Å². The lowest BCUT2D eigenvalue weighted by Gasteiger charge is -2.12. The fraction of sp³-hybridized carbons (Fsp3) is 0.333. The third-order valence-electron chi connectivity index (χ3n) is 2.97. The van der Waals surface area contributed by atoms with Gasteiger partial charge in [0.1, 0.15) is 4.32 Å². The van der Waals surface area contributed by atoms with E-state index < -0.39 is 6.61 Å². The zero-order valence-electron chi connectivity index (χ0n) is 12.5. The molecule has 0 atom stereocenters. The molecule has 0 aliphatic carbocycles. The van der Waals surface area contributed by atoms with Gasteiger partial charge >= 0.3 is 6.61 Å². The van der Waals surface area contributed by atoms with Crippen LogP contribution in [-0.2, 0) is 4.79 Å². The van der Waals surface area contributed by atoms with E-state index in [1.54, 1.807) is 25.1 Å². The smallest absolute Gasteiger partial charge is 0.387 e. The van der Waals surface area contributed by atoms with E-state index in [4.69, 9.17) is 17.0 Å². The molecular weight excluding hydrogens is 344 g/mol. The maximum absolute atomic E-state index is 12.4. The van der Waals surface area contributed by atoms with Crippen molar-refractivity contribution in [2.45, 2.75) is 20.5 Å². The summed E-state index contributed by atoms with van der Waals surface area (Å²) in [5, 5.41) is 0. The Balaban J connectivity index is 2.30. The van der Waals surface area contributed by atoms with E-state index in [1.165, 1.54) is 22.7 Å². The van der Waals surface area contributed by atoms with Gasteiger partial charge in [0.15, 0.2) is 11.5 Å². The number of rotatable bonds is 6. The van der Waals surface area contributed by atoms with Crippen LogP contribution >= 0.6 is 24.0 Å². The molecular formula is C15H15F2NO3S2. The first-order valence-electron chi connectivity index (χ1n) is 6.93. The number of ether oxygens (including phenoxy) is 2. The van der Waals surface area contributed by atoms with Crippen molar-refractivity contribution in [3.8, 4) is 11.5 Å². The van der Waals surface area contributed by atoms with Crippen molar-refractivity contribution in [1.82, 2.24) is 4.90 Å². The van der Waals surface area contributed by atoms with Crippen molar-refractivity contribution in [3.05, 3.63) is 28.7 Å². The van der Waals surface area contributed by atoms with Gasteiger partial charge in [-0.25, -0.2) is 0 Å². The molecule has 0 aromatic heterocycles. The largest absolute Gasteiger partial charge is 0.490 e. The summed E-state index contributed by atoms with van der Waals surface area (Å²) >= 11 is 6.36. The van der Waals surface area contributed by atoms with Crippen LogP contribution < -0.4 is 9.47 Å². The summed E-state index contributed by atoms with van der Waals surface area (Å²) < 4.78 is 35.0. The molecule has 1 heterocycles. The number of nitrogens with zero attached hydrogens (tertiary/aromatic N) is 1. The van der Waals surface area contributed by atoms with Crippen molar-refractivity contribution in [2.24, 2.45) is 0 Å². The first-order chi connectivity index (χ1) is 11.0. The summed E-state index contributed by atoms with van der Waals surface area (Å²) in [7, 11) is 0. The molecule has 124 valence electrons. The van der Waals surface area contributed by atoms with E-state index in [2.05, 4.69) is 4.74 Å². The highest BCUT2D eigenvalue weighted by atomic mass is 32.2. The number of likely N-dealkylation sites (N-methyl/N-ethyl adjacent to an activating group) is 1. The summed E-state index contributed by atoms with van der Waals surface area (Å²) in [4.78, 5) is 14.2. The first kappa shape index (κ1) is 17.7. The minimum Gasteiger partial charge on any atom is -0.490 e. The molecule has 0 saturated carbocycles. The molecule has 0 N–H and O–H groups in total. The monoisotopic (exact) mass is 359 g/mol. The van der Waals surface area contributed by atoms with Crippen LogP contribution in [0.3, 0.4) is 0 Å². The highest BCUT2D eigenvalue weighted by molar-refractivity contribution is 8.26. The van der Waals surface area contributed by atoms with Crippen molar-refractivity contribution < 1.29 is 23.0 Å². The first-order valence-corrected chi connectivity index (χ1v) is 8.15. The van der Waals surface area contributed by atoms with Gasteiger partial charge in [-0.2, -0.15) is 8.78 Å². The molecule has 4 nitrogen and oxygen atoms in total. The molecule has 2 rings (SSSR count). The zero-order chi connectivity index (χ0) is 17.0. The van der Waals surface area contributed by atoms with Gasteiger partial charge in [0, 0.05) is 6.54 Å². The molecule has 1 aromatic carbocycles. The lowest BCUT2D eigenvalue weighted by Crippen LogP contribution is -2.27. The summed E-state index contributed by atoms with van der Waals surface area (Å²) in [6.07, 6.45) is 1.66. The SMILES string of the molecule is CCOc1cc(C=C2SC(=S)N(CC)C2=O)ccc1OC(F)F. The fourth-order valence-electron chi connectivity index (χ4n) is 2.00. The Kier molecular flexibility index (Phi) is 5.95. The number of carbonyl (C=O) groups is 1. The average Bonchev–Trinajstić information content (AvgIpc) is 2.75. The van der Waals surface area contributed by atoms with E-state index in [0.717, 1.165) is 0 Å². The topological polar surface area (TPSA) is 38.8 Å². The number of benzene rings is 1. The summed E-state index contributed by atoms with van der Waals surface area (Å²) in [5.74, 6) is 0.000920. The van der Waals surface area contributed by atoms with E-state index in [0.29, 0.717) is 27.9 Å². The number of thiocarbonyl (C=S) groups is 1. The van der Waals surface area contributed by atoms with Crippen LogP contribution in [0.1, 0.15) is 19.4 Å². The Morgan fingerprint density at radius 2 is 2.09 bits per heavy atom. The molecule has 0 radical (unpaired) electrons. The Hall–Kier alpha value is -1.67. The van der Waals surface area contributed by atoms with Gasteiger partial charge in [-0.3, -0.25) is 9.69 Å². The quantitative estimate of drug-likeness (QED) is 0.569. The summed E-state index contributed by atoms with van der Waals surface area (Å²) in [6.45, 7) is 1.47. The van der Waals surface area contributed by atoms with Gasteiger partial charge < -0.3 is 9.47 Å². The van der Waals surface area contributed by atoms with Gasteiger partial charge in [0.05, 0.1) is 11.5 Å². The average molecular weight is 359 g/mol. The van der Waals surface area contributed by atoms with Gasteiger partial charge in [-0.15, -0.1) is 0 Å². The Labute approximate surface area is 142 Å². The second-order valence-electron chi connectivity index (χ2n) is 4.44. The molecule has 0 unspecified atom stereocenters. The standard InChI is InChI=1S/C15H15F2NO3S2/c1-3-18-13(19)12(23-15(18)22)8-9-5-6-10(21-14(16)17)11(7-9)20-4-2/h5-8,14H,3-4H2,1-2H3. The van der Waals surface area contributed by atoms with E-state index in [9.17, 15) is 13.6 Å². The molecule has 23 heavy (non-hydrogen) atoms. The Bertz CT molecular complexity index is 650.